The van der Waals surface area contributed by atoms with Gasteiger partial charge in [0.15, 0.2) is 0 Å². The van der Waals surface area contributed by atoms with Crippen LogP contribution >= 0.6 is 15.9 Å². The zero-order chi connectivity index (χ0) is 15.5. The highest BCUT2D eigenvalue weighted by atomic mass is 79.9. The van der Waals surface area contributed by atoms with Crippen LogP contribution in [-0.4, -0.2) is 27.2 Å². The molecule has 0 amide bonds. The van der Waals surface area contributed by atoms with E-state index >= 15 is 0 Å². The first kappa shape index (κ1) is 14.8. The maximum absolute atomic E-state index is 5.73. The van der Waals surface area contributed by atoms with Crippen LogP contribution in [0.2, 0.25) is 0 Å². The minimum atomic E-state index is 0.362. The van der Waals surface area contributed by atoms with Crippen molar-refractivity contribution in [2.45, 2.75) is 13.5 Å². The van der Waals surface area contributed by atoms with Crippen molar-refractivity contribution in [1.29, 1.82) is 0 Å². The van der Waals surface area contributed by atoms with E-state index < -0.39 is 0 Å². The minimum absolute atomic E-state index is 0.362. The molecule has 0 unspecified atom stereocenters. The summed E-state index contributed by atoms with van der Waals surface area (Å²) in [7, 11) is 1.92. The highest BCUT2D eigenvalue weighted by Crippen LogP contribution is 2.25. The van der Waals surface area contributed by atoms with Crippen LogP contribution in [-0.2, 0) is 6.54 Å². The molecule has 0 fully saturated rings. The summed E-state index contributed by atoms with van der Waals surface area (Å²) < 4.78 is 6.36. The molecule has 2 aromatic heterocycles. The van der Waals surface area contributed by atoms with Crippen molar-refractivity contribution < 1.29 is 4.42 Å². The molecule has 0 saturated carbocycles. The molecule has 6 nitrogen and oxygen atoms in total. The average molecular weight is 360 g/mol. The Labute approximate surface area is 136 Å². The van der Waals surface area contributed by atoms with Gasteiger partial charge in [-0.3, -0.25) is 4.98 Å². The second-order valence-corrected chi connectivity index (χ2v) is 5.58. The molecular formula is C15H14BrN5O. The van der Waals surface area contributed by atoms with Crippen LogP contribution in [0, 0.1) is 6.92 Å². The summed E-state index contributed by atoms with van der Waals surface area (Å²) in [6.45, 7) is 2.67. The molecule has 0 aliphatic heterocycles. The van der Waals surface area contributed by atoms with Crippen molar-refractivity contribution >= 4 is 15.9 Å². The Balaban J connectivity index is 1.91. The van der Waals surface area contributed by atoms with Gasteiger partial charge in [0.1, 0.15) is 10.3 Å². The second-order valence-electron chi connectivity index (χ2n) is 4.77. The van der Waals surface area contributed by atoms with E-state index in [-0.39, 0.29) is 0 Å². The van der Waals surface area contributed by atoms with E-state index in [0.717, 1.165) is 17.8 Å². The number of aromatic nitrogens is 4. The Bertz CT molecular complexity index is 785. The van der Waals surface area contributed by atoms with Gasteiger partial charge in [0, 0.05) is 12.1 Å². The highest BCUT2D eigenvalue weighted by molar-refractivity contribution is 9.10. The highest BCUT2D eigenvalue weighted by Gasteiger charge is 2.15. The zero-order valence-electron chi connectivity index (χ0n) is 12.2. The average Bonchev–Trinajstić information content (AvgIpc) is 3.00. The Morgan fingerprint density at radius 1 is 1.14 bits per heavy atom. The molecule has 0 aliphatic rings. The molecular weight excluding hydrogens is 346 g/mol. The number of nitrogens with one attached hydrogen (secondary N) is 1. The second kappa shape index (κ2) is 6.33. The number of nitrogens with zero attached hydrogens (tertiary/aromatic N) is 4. The monoisotopic (exact) mass is 359 g/mol. The number of rotatable bonds is 4. The van der Waals surface area contributed by atoms with Gasteiger partial charge in [-0.1, -0.05) is 12.1 Å². The smallest absolute Gasteiger partial charge is 0.268 e. The van der Waals surface area contributed by atoms with E-state index in [1.54, 1.807) is 6.20 Å². The van der Waals surface area contributed by atoms with E-state index in [0.29, 0.717) is 22.1 Å². The lowest BCUT2D eigenvalue weighted by molar-refractivity contribution is 0.580. The van der Waals surface area contributed by atoms with Crippen LogP contribution in [0.4, 0.5) is 0 Å². The van der Waals surface area contributed by atoms with Gasteiger partial charge in [-0.2, -0.15) is 0 Å². The summed E-state index contributed by atoms with van der Waals surface area (Å²) in [5, 5.41) is 11.3. The van der Waals surface area contributed by atoms with E-state index in [4.69, 9.17) is 4.42 Å². The number of hydrogen-bond donors (Lipinski definition) is 1. The Kier molecular flexibility index (Phi) is 4.26. The summed E-state index contributed by atoms with van der Waals surface area (Å²) in [6.07, 6.45) is 1.64. The standard InChI is InChI=1S/C15H14BrN5O/c1-9-13(19-12(16)8-18-9)15-21-20-14(22-15)11-5-3-10(4-6-11)7-17-2/h3-6,8,17H,7H2,1-2H3. The lowest BCUT2D eigenvalue weighted by Crippen LogP contribution is -2.04. The van der Waals surface area contributed by atoms with Crippen LogP contribution in [0.15, 0.2) is 39.5 Å². The zero-order valence-corrected chi connectivity index (χ0v) is 13.8. The molecule has 0 radical (unpaired) electrons. The fourth-order valence-electron chi connectivity index (χ4n) is 2.04. The molecule has 0 spiro atoms. The summed E-state index contributed by atoms with van der Waals surface area (Å²) in [4.78, 5) is 8.56. The van der Waals surface area contributed by atoms with E-state index in [1.807, 2.05) is 38.2 Å². The molecule has 0 saturated heterocycles. The molecule has 7 heteroatoms. The lowest BCUT2D eigenvalue weighted by atomic mass is 10.1. The normalized spacial score (nSPS) is 10.9. The van der Waals surface area contributed by atoms with Gasteiger partial charge in [-0.05, 0) is 47.6 Å². The largest absolute Gasteiger partial charge is 0.415 e. The first-order valence-electron chi connectivity index (χ1n) is 6.74. The molecule has 2 heterocycles. The Morgan fingerprint density at radius 2 is 1.86 bits per heavy atom. The van der Waals surface area contributed by atoms with Gasteiger partial charge >= 0.3 is 0 Å². The number of halogens is 1. The molecule has 1 N–H and O–H groups in total. The maximum atomic E-state index is 5.73. The van der Waals surface area contributed by atoms with Crippen LogP contribution in [0.3, 0.4) is 0 Å². The molecule has 1 aromatic carbocycles. The topological polar surface area (TPSA) is 76.7 Å². The van der Waals surface area contributed by atoms with Gasteiger partial charge in [0.05, 0.1) is 11.9 Å². The molecule has 0 aliphatic carbocycles. The summed E-state index contributed by atoms with van der Waals surface area (Å²) in [5.41, 5.74) is 3.39. The predicted octanol–water partition coefficient (Wildman–Crippen LogP) is 2.98. The molecule has 3 rings (SSSR count). The molecule has 112 valence electrons. The number of aryl methyl sites for hydroxylation is 1. The summed E-state index contributed by atoms with van der Waals surface area (Å²) in [5.74, 6) is 0.827. The van der Waals surface area contributed by atoms with E-state index in [2.05, 4.69) is 41.4 Å². The third-order valence-electron chi connectivity index (χ3n) is 3.14. The van der Waals surface area contributed by atoms with Gasteiger partial charge in [-0.25, -0.2) is 4.98 Å². The minimum Gasteiger partial charge on any atom is -0.415 e. The first-order valence-corrected chi connectivity index (χ1v) is 7.53. The SMILES string of the molecule is CNCc1ccc(-c2nnc(-c3nc(Br)cnc3C)o2)cc1. The number of benzene rings is 1. The molecule has 3 aromatic rings. The van der Waals surface area contributed by atoms with Gasteiger partial charge in [0.2, 0.25) is 5.89 Å². The summed E-state index contributed by atoms with van der Waals surface area (Å²) >= 11 is 3.30. The molecule has 22 heavy (non-hydrogen) atoms. The fraction of sp³-hybridized carbons (Fsp3) is 0.200. The van der Waals surface area contributed by atoms with Crippen LogP contribution in [0.5, 0.6) is 0 Å². The van der Waals surface area contributed by atoms with Crippen molar-refractivity contribution in [1.82, 2.24) is 25.5 Å². The van der Waals surface area contributed by atoms with Gasteiger partial charge < -0.3 is 9.73 Å². The number of hydrogen-bond acceptors (Lipinski definition) is 6. The van der Waals surface area contributed by atoms with E-state index in [1.165, 1.54) is 5.56 Å². The van der Waals surface area contributed by atoms with Crippen molar-refractivity contribution in [2.24, 2.45) is 0 Å². The van der Waals surface area contributed by atoms with Crippen molar-refractivity contribution in [3.05, 3.63) is 46.3 Å². The van der Waals surface area contributed by atoms with Crippen molar-refractivity contribution in [2.75, 3.05) is 7.05 Å². The van der Waals surface area contributed by atoms with Crippen LogP contribution in [0.25, 0.3) is 23.0 Å². The fourth-order valence-corrected chi connectivity index (χ4v) is 2.31. The quantitative estimate of drug-likeness (QED) is 0.771. The van der Waals surface area contributed by atoms with Crippen molar-refractivity contribution in [3.63, 3.8) is 0 Å². The summed E-state index contributed by atoms with van der Waals surface area (Å²) in [6, 6.07) is 7.98. The first-order chi connectivity index (χ1) is 10.7. The van der Waals surface area contributed by atoms with Crippen molar-refractivity contribution in [3.8, 4) is 23.0 Å². The van der Waals surface area contributed by atoms with E-state index in [9.17, 15) is 0 Å². The Hall–Kier alpha value is -2.12. The lowest BCUT2D eigenvalue weighted by Gasteiger charge is -2.01. The molecule has 0 bridgehead atoms. The van der Waals surface area contributed by atoms with Gasteiger partial charge in [-0.15, -0.1) is 10.2 Å². The Morgan fingerprint density at radius 3 is 2.59 bits per heavy atom. The predicted molar refractivity (Wildman–Crippen MR) is 86.0 cm³/mol. The third-order valence-corrected chi connectivity index (χ3v) is 3.52. The third kappa shape index (κ3) is 3.05. The van der Waals surface area contributed by atoms with Crippen LogP contribution < -0.4 is 5.32 Å². The maximum Gasteiger partial charge on any atom is 0.268 e. The molecule has 0 atom stereocenters. The van der Waals surface area contributed by atoms with Crippen LogP contribution in [0.1, 0.15) is 11.3 Å². The van der Waals surface area contributed by atoms with Gasteiger partial charge in [0.25, 0.3) is 5.89 Å².